The molecule has 110 valence electrons. The number of aldehydes is 1. The van der Waals surface area contributed by atoms with Crippen LogP contribution in [0, 0.1) is 0 Å². The highest BCUT2D eigenvalue weighted by Gasteiger charge is 2.18. The molecule has 1 aromatic rings. The Morgan fingerprint density at radius 1 is 1.42 bits per heavy atom. The van der Waals surface area contributed by atoms with Crippen LogP contribution in [0.25, 0.3) is 0 Å². The van der Waals surface area contributed by atoms with E-state index in [0.717, 1.165) is 5.69 Å². The number of Topliss-reactive ketones (excluding diaryl/α,β-unsaturated/α-hetero) is 1. The summed E-state index contributed by atoms with van der Waals surface area (Å²) in [5, 5.41) is 9.72. The van der Waals surface area contributed by atoms with Crippen molar-refractivity contribution in [2.45, 2.75) is 59.5 Å². The van der Waals surface area contributed by atoms with Gasteiger partial charge in [0.15, 0.2) is 12.1 Å². The van der Waals surface area contributed by atoms with Gasteiger partial charge in [0.2, 0.25) is 0 Å². The number of hydrogen-bond donors (Lipinski definition) is 2. The molecule has 0 fully saturated rings. The summed E-state index contributed by atoms with van der Waals surface area (Å²) in [6, 6.07) is 0. The summed E-state index contributed by atoms with van der Waals surface area (Å²) in [6.45, 7) is 9.84. The predicted molar refractivity (Wildman–Crippen MR) is 76.0 cm³/mol. The van der Waals surface area contributed by atoms with Gasteiger partial charge in [-0.3, -0.25) is 9.59 Å². The lowest BCUT2D eigenvalue weighted by atomic mass is 9.97. The predicted octanol–water partition coefficient (Wildman–Crippen LogP) is 2.47. The number of hydrogen-bond acceptors (Lipinski definition) is 4. The third kappa shape index (κ3) is 8.26. The molecule has 0 aliphatic rings. The molecule has 1 aromatic heterocycles. The second kappa shape index (κ2) is 13.0. The van der Waals surface area contributed by atoms with E-state index >= 15 is 0 Å². The summed E-state index contributed by atoms with van der Waals surface area (Å²) in [5.74, 6) is -0.599. The molecule has 0 aliphatic carbocycles. The zero-order valence-electron chi connectivity index (χ0n) is 12.5. The van der Waals surface area contributed by atoms with Crippen LogP contribution in [-0.4, -0.2) is 33.2 Å². The van der Waals surface area contributed by atoms with Crippen molar-refractivity contribution in [2.75, 3.05) is 0 Å². The van der Waals surface area contributed by atoms with E-state index in [4.69, 9.17) is 0 Å². The first-order valence-electron chi connectivity index (χ1n) is 6.79. The van der Waals surface area contributed by atoms with Gasteiger partial charge in [-0.25, -0.2) is 4.98 Å². The first kappa shape index (κ1) is 19.8. The van der Waals surface area contributed by atoms with Crippen LogP contribution in [0.1, 0.15) is 59.1 Å². The summed E-state index contributed by atoms with van der Waals surface area (Å²) in [7, 11) is 0. The molecule has 0 bridgehead atoms. The van der Waals surface area contributed by atoms with Crippen LogP contribution in [0.5, 0.6) is 0 Å². The molecule has 2 N–H and O–H groups in total. The average molecular weight is 270 g/mol. The van der Waals surface area contributed by atoms with Gasteiger partial charge < -0.3 is 10.1 Å². The van der Waals surface area contributed by atoms with Crippen molar-refractivity contribution in [3.8, 4) is 0 Å². The molecule has 2 atom stereocenters. The summed E-state index contributed by atoms with van der Waals surface area (Å²) in [6.07, 6.45) is 3.19. The van der Waals surface area contributed by atoms with Crippen LogP contribution in [0.15, 0.2) is 12.5 Å². The highest BCUT2D eigenvalue weighted by atomic mass is 16.3. The zero-order valence-corrected chi connectivity index (χ0v) is 12.5. The largest absolute Gasteiger partial charge is 0.392 e. The van der Waals surface area contributed by atoms with Crippen molar-refractivity contribution in [3.63, 3.8) is 0 Å². The van der Waals surface area contributed by atoms with E-state index in [-0.39, 0.29) is 25.0 Å². The molecule has 19 heavy (non-hydrogen) atoms. The Morgan fingerprint density at radius 2 is 2.00 bits per heavy atom. The van der Waals surface area contributed by atoms with Crippen LogP contribution in [0.4, 0.5) is 0 Å². The lowest BCUT2D eigenvalue weighted by Gasteiger charge is -2.16. The fraction of sp³-hybridized carbons (Fsp3) is 0.643. The molecule has 0 saturated carbocycles. The Kier molecular flexibility index (Phi) is 13.5. The second-order valence-corrected chi connectivity index (χ2v) is 3.49. The SMILES string of the molecule is CC.CC.CC(c1cnc[nH]1)C(O)CCC(=O)C=O. The summed E-state index contributed by atoms with van der Waals surface area (Å²) >= 11 is 0. The van der Waals surface area contributed by atoms with Crippen molar-refractivity contribution in [3.05, 3.63) is 18.2 Å². The van der Waals surface area contributed by atoms with Gasteiger partial charge in [0.1, 0.15) is 0 Å². The van der Waals surface area contributed by atoms with Gasteiger partial charge in [-0.1, -0.05) is 34.6 Å². The number of carbonyl (C=O) groups excluding carboxylic acids is 2. The van der Waals surface area contributed by atoms with Gasteiger partial charge >= 0.3 is 0 Å². The minimum atomic E-state index is -0.644. The average Bonchev–Trinajstić information content (AvgIpc) is 3.01. The number of imidazole rings is 1. The van der Waals surface area contributed by atoms with Crippen molar-refractivity contribution in [2.24, 2.45) is 0 Å². The normalized spacial score (nSPS) is 12.1. The number of nitrogens with one attached hydrogen (secondary N) is 1. The number of carbonyl (C=O) groups is 2. The lowest BCUT2D eigenvalue weighted by Crippen LogP contribution is -2.17. The van der Waals surface area contributed by atoms with Crippen LogP contribution >= 0.6 is 0 Å². The maximum absolute atomic E-state index is 10.7. The van der Waals surface area contributed by atoms with Crippen molar-refractivity contribution < 1.29 is 14.7 Å². The monoisotopic (exact) mass is 270 g/mol. The molecule has 5 nitrogen and oxygen atoms in total. The number of aromatic amines is 1. The summed E-state index contributed by atoms with van der Waals surface area (Å²) in [5.41, 5.74) is 0.820. The number of aliphatic hydroxyl groups is 1. The molecule has 0 aliphatic heterocycles. The Morgan fingerprint density at radius 3 is 2.42 bits per heavy atom. The molecule has 1 heterocycles. The third-order valence-electron chi connectivity index (χ3n) is 2.41. The minimum Gasteiger partial charge on any atom is -0.392 e. The molecule has 0 spiro atoms. The smallest absolute Gasteiger partial charge is 0.195 e. The van der Waals surface area contributed by atoms with Crippen LogP contribution in [0.2, 0.25) is 0 Å². The first-order chi connectivity index (χ1) is 9.15. The van der Waals surface area contributed by atoms with Crippen LogP contribution in [-0.2, 0) is 9.59 Å². The molecule has 0 radical (unpaired) electrons. The Labute approximate surface area is 115 Å². The van der Waals surface area contributed by atoms with Gasteiger partial charge in [0.25, 0.3) is 0 Å². The van der Waals surface area contributed by atoms with E-state index < -0.39 is 11.9 Å². The topological polar surface area (TPSA) is 83.0 Å². The van der Waals surface area contributed by atoms with E-state index in [1.54, 1.807) is 6.20 Å². The number of nitrogens with zero attached hydrogens (tertiary/aromatic N) is 1. The molecule has 5 heteroatoms. The lowest BCUT2D eigenvalue weighted by molar-refractivity contribution is -0.130. The first-order valence-corrected chi connectivity index (χ1v) is 6.79. The molecule has 0 aromatic carbocycles. The van der Waals surface area contributed by atoms with Crippen LogP contribution < -0.4 is 0 Å². The van der Waals surface area contributed by atoms with Gasteiger partial charge in [0.05, 0.1) is 12.4 Å². The Balaban J connectivity index is 0. The summed E-state index contributed by atoms with van der Waals surface area (Å²) < 4.78 is 0. The number of aromatic nitrogens is 2. The third-order valence-corrected chi connectivity index (χ3v) is 2.41. The molecule has 1 rings (SSSR count). The molecule has 0 saturated heterocycles. The maximum atomic E-state index is 10.7. The second-order valence-electron chi connectivity index (χ2n) is 3.49. The number of H-pyrrole nitrogens is 1. The van der Waals surface area contributed by atoms with E-state index in [1.807, 2.05) is 34.6 Å². The number of aliphatic hydroxyl groups excluding tert-OH is 1. The minimum absolute atomic E-state index is 0.0865. The summed E-state index contributed by atoms with van der Waals surface area (Å²) in [4.78, 5) is 27.5. The number of ketones is 1. The number of rotatable bonds is 6. The van der Waals surface area contributed by atoms with Gasteiger partial charge in [-0.2, -0.15) is 0 Å². The van der Waals surface area contributed by atoms with Crippen LogP contribution in [0.3, 0.4) is 0 Å². The Hall–Kier alpha value is -1.49. The Bertz CT molecular complexity index is 323. The zero-order chi connectivity index (χ0) is 15.3. The van der Waals surface area contributed by atoms with Crippen molar-refractivity contribution in [1.29, 1.82) is 0 Å². The highest BCUT2D eigenvalue weighted by molar-refractivity contribution is 6.24. The standard InChI is InChI=1S/C10H14N2O3.2C2H6/c1-7(9-4-11-6-12-9)10(15)3-2-8(14)5-13;2*1-2/h4-7,10,15H,2-3H2,1H3,(H,11,12);2*1-2H3. The van der Waals surface area contributed by atoms with Gasteiger partial charge in [0, 0.05) is 24.2 Å². The molecule has 0 amide bonds. The van der Waals surface area contributed by atoms with Crippen molar-refractivity contribution >= 4 is 12.1 Å². The molecule has 2 unspecified atom stereocenters. The molecular weight excluding hydrogens is 244 g/mol. The fourth-order valence-corrected chi connectivity index (χ4v) is 1.32. The molecular formula is C14H26N2O3. The van der Waals surface area contributed by atoms with E-state index in [9.17, 15) is 14.7 Å². The highest BCUT2D eigenvalue weighted by Crippen LogP contribution is 2.19. The van der Waals surface area contributed by atoms with E-state index in [1.165, 1.54) is 6.33 Å². The van der Waals surface area contributed by atoms with E-state index in [2.05, 4.69) is 9.97 Å². The van der Waals surface area contributed by atoms with Gasteiger partial charge in [-0.05, 0) is 6.42 Å². The van der Waals surface area contributed by atoms with Gasteiger partial charge in [-0.15, -0.1) is 0 Å². The fourth-order valence-electron chi connectivity index (χ4n) is 1.32. The quantitative estimate of drug-likeness (QED) is 0.614. The maximum Gasteiger partial charge on any atom is 0.195 e. The van der Waals surface area contributed by atoms with E-state index in [0.29, 0.717) is 0 Å². The van der Waals surface area contributed by atoms with Crippen molar-refractivity contribution in [1.82, 2.24) is 9.97 Å².